The molecule has 0 aliphatic rings. The molecule has 7 nitrogen and oxygen atoms in total. The molecule has 4 aromatic rings. The summed E-state index contributed by atoms with van der Waals surface area (Å²) in [6.07, 6.45) is 1.58. The van der Waals surface area contributed by atoms with E-state index in [-0.39, 0.29) is 5.41 Å². The van der Waals surface area contributed by atoms with Crippen molar-refractivity contribution in [1.29, 1.82) is 0 Å². The van der Waals surface area contributed by atoms with Gasteiger partial charge in [0.1, 0.15) is 34.2 Å². The summed E-state index contributed by atoms with van der Waals surface area (Å²) in [4.78, 5) is 11.1. The Labute approximate surface area is 179 Å². The first-order valence-corrected chi connectivity index (χ1v) is 10.4. The molecule has 1 N–H and O–H groups in total. The molecule has 0 amide bonds. The van der Waals surface area contributed by atoms with Gasteiger partial charge in [-0.2, -0.15) is 0 Å². The molecule has 8 heteroatoms. The van der Waals surface area contributed by atoms with Crippen LogP contribution in [0.1, 0.15) is 31.4 Å². The third kappa shape index (κ3) is 3.95. The van der Waals surface area contributed by atoms with Gasteiger partial charge < -0.3 is 19.3 Å². The molecular formula is C22H24N4O3S. The number of methoxy groups -OCH3 is 2. The highest BCUT2D eigenvalue weighted by Gasteiger charge is 2.19. The van der Waals surface area contributed by atoms with Crippen LogP contribution in [0.3, 0.4) is 0 Å². The van der Waals surface area contributed by atoms with Gasteiger partial charge in [-0.1, -0.05) is 25.9 Å². The molecule has 4 rings (SSSR count). The van der Waals surface area contributed by atoms with Gasteiger partial charge in [-0.3, -0.25) is 0 Å². The van der Waals surface area contributed by atoms with E-state index in [1.165, 1.54) is 4.88 Å². The van der Waals surface area contributed by atoms with Crippen LogP contribution in [0.15, 0.2) is 41.2 Å². The second kappa shape index (κ2) is 7.95. The van der Waals surface area contributed by atoms with Crippen molar-refractivity contribution in [2.75, 3.05) is 19.5 Å². The number of hydrogen-bond acceptors (Lipinski definition) is 8. The van der Waals surface area contributed by atoms with Gasteiger partial charge >= 0.3 is 0 Å². The first-order chi connectivity index (χ1) is 14.4. The molecule has 0 bridgehead atoms. The lowest BCUT2D eigenvalue weighted by atomic mass is 9.94. The molecule has 0 spiro atoms. The Morgan fingerprint density at radius 2 is 1.90 bits per heavy atom. The lowest BCUT2D eigenvalue weighted by molar-refractivity contribution is 0.386. The number of nitrogens with zero attached hydrogens (tertiary/aromatic N) is 3. The Morgan fingerprint density at radius 1 is 1.07 bits per heavy atom. The molecule has 0 radical (unpaired) electrons. The number of ether oxygens (including phenoxy) is 2. The van der Waals surface area contributed by atoms with Crippen LogP contribution < -0.4 is 14.8 Å². The van der Waals surface area contributed by atoms with Crippen LogP contribution in [0.25, 0.3) is 21.5 Å². The Kier molecular flexibility index (Phi) is 5.34. The summed E-state index contributed by atoms with van der Waals surface area (Å²) >= 11 is 1.70. The number of fused-ring (bicyclic) bond motifs is 1. The van der Waals surface area contributed by atoms with Crippen LogP contribution in [0, 0.1) is 0 Å². The molecule has 0 fully saturated rings. The summed E-state index contributed by atoms with van der Waals surface area (Å²) in [6, 6.07) is 9.65. The number of thiophene rings is 1. The van der Waals surface area contributed by atoms with Gasteiger partial charge in [0, 0.05) is 22.6 Å². The average molecular weight is 425 g/mol. The van der Waals surface area contributed by atoms with Crippen molar-refractivity contribution in [1.82, 2.24) is 15.1 Å². The van der Waals surface area contributed by atoms with E-state index in [9.17, 15) is 0 Å². The topological polar surface area (TPSA) is 82.3 Å². The molecule has 0 unspecified atom stereocenters. The summed E-state index contributed by atoms with van der Waals surface area (Å²) < 4.78 is 16.2. The summed E-state index contributed by atoms with van der Waals surface area (Å²) in [5.41, 5.74) is 1.61. The predicted molar refractivity (Wildman–Crippen MR) is 118 cm³/mol. The number of nitrogens with one attached hydrogen (secondary N) is 1. The Morgan fingerprint density at radius 3 is 2.63 bits per heavy atom. The molecule has 0 saturated heterocycles. The zero-order chi connectivity index (χ0) is 21.3. The second-order valence-electron chi connectivity index (χ2n) is 7.90. The normalized spacial score (nSPS) is 11.6. The van der Waals surface area contributed by atoms with Gasteiger partial charge in [0.25, 0.3) is 0 Å². The third-order valence-electron chi connectivity index (χ3n) is 4.74. The van der Waals surface area contributed by atoms with E-state index >= 15 is 0 Å². The zero-order valence-electron chi connectivity index (χ0n) is 17.6. The second-order valence-corrected chi connectivity index (χ2v) is 8.93. The monoisotopic (exact) mass is 424 g/mol. The summed E-state index contributed by atoms with van der Waals surface area (Å²) in [5, 5.41) is 8.56. The highest BCUT2D eigenvalue weighted by atomic mass is 32.1. The fourth-order valence-electron chi connectivity index (χ4n) is 3.07. The average Bonchev–Trinajstić information content (AvgIpc) is 3.39. The molecule has 1 aromatic carbocycles. The van der Waals surface area contributed by atoms with E-state index in [2.05, 4.69) is 47.3 Å². The highest BCUT2D eigenvalue weighted by Crippen LogP contribution is 2.36. The van der Waals surface area contributed by atoms with Crippen LogP contribution in [-0.2, 0) is 12.0 Å². The highest BCUT2D eigenvalue weighted by molar-refractivity contribution is 7.18. The van der Waals surface area contributed by atoms with Crippen LogP contribution in [0.5, 0.6) is 11.5 Å². The van der Waals surface area contributed by atoms with Crippen LogP contribution >= 0.6 is 11.3 Å². The van der Waals surface area contributed by atoms with Gasteiger partial charge in [-0.05, 0) is 23.6 Å². The van der Waals surface area contributed by atoms with Crippen molar-refractivity contribution in [3.05, 3.63) is 47.3 Å². The lowest BCUT2D eigenvalue weighted by Crippen LogP contribution is -2.07. The lowest BCUT2D eigenvalue weighted by Gasteiger charge is -2.14. The fourth-order valence-corrected chi connectivity index (χ4v) is 4.13. The van der Waals surface area contributed by atoms with Crippen molar-refractivity contribution in [3.63, 3.8) is 0 Å². The summed E-state index contributed by atoms with van der Waals surface area (Å²) in [7, 11) is 3.24. The van der Waals surface area contributed by atoms with Gasteiger partial charge in [0.15, 0.2) is 5.76 Å². The van der Waals surface area contributed by atoms with Crippen LogP contribution in [-0.4, -0.2) is 29.3 Å². The summed E-state index contributed by atoms with van der Waals surface area (Å²) in [6.45, 7) is 7.05. The van der Waals surface area contributed by atoms with E-state index in [0.717, 1.165) is 27.3 Å². The molecule has 156 valence electrons. The molecule has 0 aliphatic carbocycles. The molecule has 3 aromatic heterocycles. The first kappa shape index (κ1) is 20.2. The Hall–Kier alpha value is -3.13. The minimum absolute atomic E-state index is 0.0693. The van der Waals surface area contributed by atoms with Crippen molar-refractivity contribution >= 4 is 27.4 Å². The molecule has 3 heterocycles. The SMILES string of the molecule is COc1ccc(-c2cc(CNc3ncnc4sc(C(C)(C)C)cc34)on2)c(OC)c1. The quantitative estimate of drug-likeness (QED) is 0.451. The van der Waals surface area contributed by atoms with Crippen LogP contribution in [0.2, 0.25) is 0 Å². The van der Waals surface area contributed by atoms with E-state index < -0.39 is 0 Å². The molecule has 0 atom stereocenters. The van der Waals surface area contributed by atoms with Crippen molar-refractivity contribution < 1.29 is 14.0 Å². The molecule has 0 saturated carbocycles. The van der Waals surface area contributed by atoms with Gasteiger partial charge in [0.2, 0.25) is 0 Å². The minimum Gasteiger partial charge on any atom is -0.497 e. The molecular weight excluding hydrogens is 400 g/mol. The number of benzene rings is 1. The smallest absolute Gasteiger partial charge is 0.156 e. The van der Waals surface area contributed by atoms with Crippen molar-refractivity contribution in [3.8, 4) is 22.8 Å². The van der Waals surface area contributed by atoms with E-state index in [1.807, 2.05) is 24.3 Å². The van der Waals surface area contributed by atoms with Gasteiger partial charge in [-0.25, -0.2) is 9.97 Å². The fraction of sp³-hybridized carbons (Fsp3) is 0.318. The Bertz CT molecular complexity index is 1180. The van der Waals surface area contributed by atoms with Gasteiger partial charge in [-0.15, -0.1) is 11.3 Å². The maximum atomic E-state index is 5.53. The van der Waals surface area contributed by atoms with Crippen molar-refractivity contribution in [2.24, 2.45) is 0 Å². The maximum absolute atomic E-state index is 5.53. The van der Waals surface area contributed by atoms with E-state index in [0.29, 0.717) is 23.7 Å². The number of hydrogen-bond donors (Lipinski definition) is 1. The first-order valence-electron chi connectivity index (χ1n) is 9.56. The standard InChI is InChI=1S/C22H24N4O3S/c1-22(2,3)19-10-16-20(24-12-25-21(16)30-19)23-11-14-8-17(26-29-14)15-7-6-13(27-4)9-18(15)28-5/h6-10,12H,11H2,1-5H3,(H,23,24,25). The third-order valence-corrected chi connectivity index (χ3v) is 6.21. The molecule has 30 heavy (non-hydrogen) atoms. The number of anilines is 1. The predicted octanol–water partition coefficient (Wildman–Crippen LogP) is 5.27. The largest absolute Gasteiger partial charge is 0.497 e. The minimum atomic E-state index is 0.0693. The zero-order valence-corrected chi connectivity index (χ0v) is 18.5. The van der Waals surface area contributed by atoms with Crippen LogP contribution in [0.4, 0.5) is 5.82 Å². The Balaban J connectivity index is 1.55. The van der Waals surface area contributed by atoms with E-state index in [4.69, 9.17) is 14.0 Å². The summed E-state index contributed by atoms with van der Waals surface area (Å²) in [5.74, 6) is 2.87. The van der Waals surface area contributed by atoms with Gasteiger partial charge in [0.05, 0.1) is 26.2 Å². The number of rotatable bonds is 6. The molecule has 0 aliphatic heterocycles. The van der Waals surface area contributed by atoms with Crippen molar-refractivity contribution in [2.45, 2.75) is 32.7 Å². The maximum Gasteiger partial charge on any atom is 0.156 e. The van der Waals surface area contributed by atoms with E-state index in [1.54, 1.807) is 31.9 Å². The number of aromatic nitrogens is 3.